The summed E-state index contributed by atoms with van der Waals surface area (Å²) in [4.78, 5) is 15.2. The molecule has 2 aromatic rings. The van der Waals surface area contributed by atoms with E-state index in [-0.39, 0.29) is 11.4 Å². The van der Waals surface area contributed by atoms with Gasteiger partial charge in [-0.3, -0.25) is 9.69 Å². The molecule has 0 aliphatic carbocycles. The van der Waals surface area contributed by atoms with E-state index in [2.05, 4.69) is 41.4 Å². The third kappa shape index (κ3) is 3.10. The fourth-order valence-electron chi connectivity index (χ4n) is 4.47. The van der Waals surface area contributed by atoms with E-state index in [0.29, 0.717) is 0 Å². The van der Waals surface area contributed by atoms with Gasteiger partial charge in [0, 0.05) is 30.8 Å². The number of methoxy groups -OCH3 is 1. The Balaban J connectivity index is 1.51. The van der Waals surface area contributed by atoms with E-state index in [9.17, 15) is 4.79 Å². The highest BCUT2D eigenvalue weighted by Gasteiger charge is 2.41. The average molecular weight is 350 g/mol. The summed E-state index contributed by atoms with van der Waals surface area (Å²) in [5, 5.41) is 3.35. The second-order valence-corrected chi connectivity index (χ2v) is 7.62. The number of aryl methyl sites for hydroxylation is 2. The van der Waals surface area contributed by atoms with Crippen molar-refractivity contribution in [3.63, 3.8) is 0 Å². The van der Waals surface area contributed by atoms with Crippen molar-refractivity contribution in [3.8, 4) is 5.75 Å². The maximum atomic E-state index is 12.7. The van der Waals surface area contributed by atoms with Crippen LogP contribution in [0.1, 0.15) is 39.9 Å². The zero-order valence-electron chi connectivity index (χ0n) is 15.5. The number of hydrogen-bond acceptors (Lipinski definition) is 3. The molecule has 26 heavy (non-hydrogen) atoms. The molecule has 0 radical (unpaired) electrons. The number of hydrogen-bond donors (Lipinski definition) is 1. The van der Waals surface area contributed by atoms with Crippen LogP contribution in [0.15, 0.2) is 42.5 Å². The van der Waals surface area contributed by atoms with Gasteiger partial charge in [-0.15, -0.1) is 0 Å². The van der Waals surface area contributed by atoms with Gasteiger partial charge in [0.25, 0.3) is 5.91 Å². The molecule has 4 nitrogen and oxygen atoms in total. The lowest BCUT2D eigenvalue weighted by atomic mass is 9.91. The van der Waals surface area contributed by atoms with Gasteiger partial charge in [-0.25, -0.2) is 0 Å². The van der Waals surface area contributed by atoms with Crippen LogP contribution in [0.2, 0.25) is 0 Å². The molecular weight excluding hydrogens is 324 g/mol. The van der Waals surface area contributed by atoms with E-state index < -0.39 is 0 Å². The van der Waals surface area contributed by atoms with Crippen molar-refractivity contribution in [3.05, 3.63) is 64.7 Å². The smallest absolute Gasteiger partial charge is 0.252 e. The van der Waals surface area contributed by atoms with Crippen LogP contribution in [0.4, 0.5) is 0 Å². The zero-order chi connectivity index (χ0) is 18.1. The van der Waals surface area contributed by atoms with Gasteiger partial charge in [0.1, 0.15) is 5.75 Å². The molecule has 4 rings (SSSR count). The Labute approximate surface area is 155 Å². The molecule has 1 spiro atoms. The van der Waals surface area contributed by atoms with Gasteiger partial charge in [-0.1, -0.05) is 36.4 Å². The van der Waals surface area contributed by atoms with Crippen LogP contribution in [-0.4, -0.2) is 36.5 Å². The number of para-hydroxylation sites is 1. The number of nitrogens with one attached hydrogen (secondary N) is 1. The Morgan fingerprint density at radius 3 is 2.85 bits per heavy atom. The first-order valence-electron chi connectivity index (χ1n) is 9.35. The molecule has 1 fully saturated rings. The molecule has 1 N–H and O–H groups in total. The number of ether oxygens (including phenoxy) is 1. The first-order valence-corrected chi connectivity index (χ1v) is 9.35. The van der Waals surface area contributed by atoms with E-state index in [1.54, 1.807) is 7.11 Å². The molecule has 4 heteroatoms. The van der Waals surface area contributed by atoms with Crippen LogP contribution in [0.3, 0.4) is 0 Å². The lowest BCUT2D eigenvalue weighted by Crippen LogP contribution is -2.49. The van der Waals surface area contributed by atoms with Crippen LogP contribution >= 0.6 is 0 Å². The normalized spacial score (nSPS) is 22.8. The van der Waals surface area contributed by atoms with E-state index in [1.807, 2.05) is 18.2 Å². The number of amides is 1. The van der Waals surface area contributed by atoms with Gasteiger partial charge in [0.05, 0.1) is 12.6 Å². The summed E-state index contributed by atoms with van der Waals surface area (Å²) in [7, 11) is 1.74. The molecule has 0 aromatic heterocycles. The quantitative estimate of drug-likeness (QED) is 0.923. The van der Waals surface area contributed by atoms with E-state index in [4.69, 9.17) is 4.74 Å². The summed E-state index contributed by atoms with van der Waals surface area (Å²) in [6.07, 6.45) is 2.95. The fourth-order valence-corrected chi connectivity index (χ4v) is 4.47. The molecule has 0 bridgehead atoms. The molecule has 0 unspecified atom stereocenters. The summed E-state index contributed by atoms with van der Waals surface area (Å²) >= 11 is 0. The lowest BCUT2D eigenvalue weighted by molar-refractivity contribution is 0.0902. The number of carbonyl (C=O) groups is 1. The summed E-state index contributed by atoms with van der Waals surface area (Å²) < 4.78 is 5.61. The number of carbonyl (C=O) groups excluding carboxylic acids is 1. The number of fused-ring (bicyclic) bond motifs is 1. The number of rotatable bonds is 3. The summed E-state index contributed by atoms with van der Waals surface area (Å²) in [6, 6.07) is 14.3. The SMILES string of the molecule is COc1c(C)cccc1CN1CC[C@@]2(CCc3ccccc3C(=O)N2)C1. The van der Waals surface area contributed by atoms with Crippen LogP contribution < -0.4 is 10.1 Å². The maximum Gasteiger partial charge on any atom is 0.252 e. The first kappa shape index (κ1) is 17.1. The summed E-state index contributed by atoms with van der Waals surface area (Å²) in [5.41, 5.74) is 4.27. The molecular formula is C22H26N2O2. The van der Waals surface area contributed by atoms with Gasteiger partial charge in [-0.2, -0.15) is 0 Å². The van der Waals surface area contributed by atoms with Crippen LogP contribution in [-0.2, 0) is 13.0 Å². The molecule has 2 heterocycles. The third-order valence-electron chi connectivity index (χ3n) is 5.84. The molecule has 2 aliphatic rings. The minimum atomic E-state index is -0.118. The highest BCUT2D eigenvalue weighted by Crippen LogP contribution is 2.33. The van der Waals surface area contributed by atoms with E-state index >= 15 is 0 Å². The van der Waals surface area contributed by atoms with Crippen molar-refractivity contribution >= 4 is 5.91 Å². The zero-order valence-corrected chi connectivity index (χ0v) is 15.5. The molecule has 1 amide bonds. The number of nitrogens with zero attached hydrogens (tertiary/aromatic N) is 1. The fraction of sp³-hybridized carbons (Fsp3) is 0.409. The van der Waals surface area contributed by atoms with Crippen LogP contribution in [0, 0.1) is 6.92 Å². The second-order valence-electron chi connectivity index (χ2n) is 7.62. The molecule has 2 aliphatic heterocycles. The first-order chi connectivity index (χ1) is 12.6. The lowest BCUT2D eigenvalue weighted by Gasteiger charge is -2.29. The van der Waals surface area contributed by atoms with Crippen LogP contribution in [0.25, 0.3) is 0 Å². The van der Waals surface area contributed by atoms with Gasteiger partial charge in [0.15, 0.2) is 0 Å². The summed E-state index contributed by atoms with van der Waals surface area (Å²) in [6.45, 7) is 4.82. The molecule has 0 saturated carbocycles. The van der Waals surface area contributed by atoms with Gasteiger partial charge >= 0.3 is 0 Å². The van der Waals surface area contributed by atoms with E-state index in [1.165, 1.54) is 11.1 Å². The molecule has 1 atom stereocenters. The Morgan fingerprint density at radius 1 is 1.15 bits per heavy atom. The molecule has 1 saturated heterocycles. The predicted octanol–water partition coefficient (Wildman–Crippen LogP) is 3.32. The second kappa shape index (κ2) is 6.76. The average Bonchev–Trinajstić information content (AvgIpc) is 2.96. The van der Waals surface area contributed by atoms with E-state index in [0.717, 1.165) is 55.8 Å². The van der Waals surface area contributed by atoms with Crippen molar-refractivity contribution in [2.45, 2.75) is 38.3 Å². The number of benzene rings is 2. The van der Waals surface area contributed by atoms with Crippen molar-refractivity contribution < 1.29 is 9.53 Å². The summed E-state index contributed by atoms with van der Waals surface area (Å²) in [5.74, 6) is 1.05. The topological polar surface area (TPSA) is 41.6 Å². The Kier molecular flexibility index (Phi) is 4.45. The monoisotopic (exact) mass is 350 g/mol. The Hall–Kier alpha value is -2.33. The van der Waals surface area contributed by atoms with Gasteiger partial charge in [-0.05, 0) is 43.4 Å². The highest BCUT2D eigenvalue weighted by molar-refractivity contribution is 5.96. The van der Waals surface area contributed by atoms with Crippen molar-refractivity contribution in [2.75, 3.05) is 20.2 Å². The number of likely N-dealkylation sites (tertiary alicyclic amines) is 1. The standard InChI is InChI=1S/C22H26N2O2/c1-16-6-5-8-18(20(16)26-2)14-24-13-12-22(15-24)11-10-17-7-3-4-9-19(17)21(25)23-22/h3-9H,10-15H2,1-2H3,(H,23,25)/t22-/m0/s1. The van der Waals surface area contributed by atoms with Gasteiger partial charge in [0.2, 0.25) is 0 Å². The minimum Gasteiger partial charge on any atom is -0.496 e. The Bertz CT molecular complexity index is 833. The highest BCUT2D eigenvalue weighted by atomic mass is 16.5. The van der Waals surface area contributed by atoms with Crippen molar-refractivity contribution in [1.29, 1.82) is 0 Å². The van der Waals surface area contributed by atoms with Crippen molar-refractivity contribution in [2.24, 2.45) is 0 Å². The Morgan fingerprint density at radius 2 is 2.00 bits per heavy atom. The third-order valence-corrected chi connectivity index (χ3v) is 5.84. The van der Waals surface area contributed by atoms with Crippen molar-refractivity contribution in [1.82, 2.24) is 10.2 Å². The molecule has 2 aromatic carbocycles. The minimum absolute atomic E-state index is 0.0769. The predicted molar refractivity (Wildman–Crippen MR) is 103 cm³/mol. The maximum absolute atomic E-state index is 12.7. The largest absolute Gasteiger partial charge is 0.496 e. The van der Waals surface area contributed by atoms with Gasteiger partial charge < -0.3 is 10.1 Å². The van der Waals surface area contributed by atoms with Crippen LogP contribution in [0.5, 0.6) is 5.75 Å². The molecule has 136 valence electrons.